The molecular formula is C20H28ClN5S. The first kappa shape index (κ1) is 20.1. The van der Waals surface area contributed by atoms with Crippen molar-refractivity contribution in [2.45, 2.75) is 32.9 Å². The molecule has 2 heterocycles. The van der Waals surface area contributed by atoms with Gasteiger partial charge in [0.15, 0.2) is 5.96 Å². The van der Waals surface area contributed by atoms with E-state index in [1.807, 2.05) is 25.2 Å². The number of aromatic nitrogens is 1. The quantitative estimate of drug-likeness (QED) is 0.568. The fraction of sp³-hybridized carbons (Fsp3) is 0.500. The van der Waals surface area contributed by atoms with E-state index in [-0.39, 0.29) is 0 Å². The van der Waals surface area contributed by atoms with Crippen molar-refractivity contribution in [1.82, 2.24) is 20.5 Å². The highest BCUT2D eigenvalue weighted by Crippen LogP contribution is 2.19. The molecule has 2 N–H and O–H groups in total. The number of nitrogens with one attached hydrogen (secondary N) is 2. The zero-order chi connectivity index (χ0) is 19.1. The van der Waals surface area contributed by atoms with Gasteiger partial charge in [-0.05, 0) is 56.5 Å². The summed E-state index contributed by atoms with van der Waals surface area (Å²) in [5.41, 5.74) is 2.36. The topological polar surface area (TPSA) is 52.6 Å². The molecule has 5 nitrogen and oxygen atoms in total. The maximum atomic E-state index is 6.04. The molecule has 1 fully saturated rings. The summed E-state index contributed by atoms with van der Waals surface area (Å²) in [5, 5.41) is 10.9. The molecule has 1 aliphatic heterocycles. The summed E-state index contributed by atoms with van der Waals surface area (Å²) < 4.78 is 0. The molecule has 0 unspecified atom stereocenters. The minimum Gasteiger partial charge on any atom is -0.356 e. The monoisotopic (exact) mass is 405 g/mol. The van der Waals surface area contributed by atoms with E-state index < -0.39 is 0 Å². The van der Waals surface area contributed by atoms with Crippen LogP contribution in [0, 0.1) is 12.8 Å². The van der Waals surface area contributed by atoms with Crippen molar-refractivity contribution in [1.29, 1.82) is 0 Å². The predicted octanol–water partition coefficient (Wildman–Crippen LogP) is 3.68. The number of hydrogen-bond acceptors (Lipinski definition) is 4. The van der Waals surface area contributed by atoms with Gasteiger partial charge in [0, 0.05) is 37.1 Å². The number of likely N-dealkylation sites (tertiary alicyclic amines) is 1. The van der Waals surface area contributed by atoms with Crippen LogP contribution in [0.5, 0.6) is 0 Å². The van der Waals surface area contributed by atoms with Gasteiger partial charge in [0.25, 0.3) is 0 Å². The number of guanidine groups is 1. The van der Waals surface area contributed by atoms with E-state index in [0.717, 1.165) is 47.7 Å². The lowest BCUT2D eigenvalue weighted by Crippen LogP contribution is -2.42. The van der Waals surface area contributed by atoms with Crippen molar-refractivity contribution in [2.75, 3.05) is 26.7 Å². The fourth-order valence-electron chi connectivity index (χ4n) is 3.35. The number of hydrogen-bond donors (Lipinski definition) is 2. The van der Waals surface area contributed by atoms with Crippen LogP contribution >= 0.6 is 22.9 Å². The van der Waals surface area contributed by atoms with Crippen molar-refractivity contribution in [3.8, 4) is 0 Å². The number of thiazole rings is 1. The Labute approximate surface area is 170 Å². The van der Waals surface area contributed by atoms with E-state index in [0.29, 0.717) is 12.5 Å². The first-order chi connectivity index (χ1) is 13.1. The maximum Gasteiger partial charge on any atom is 0.191 e. The van der Waals surface area contributed by atoms with Crippen molar-refractivity contribution in [3.05, 3.63) is 50.9 Å². The second-order valence-corrected chi connectivity index (χ2v) is 8.51. The van der Waals surface area contributed by atoms with E-state index in [9.17, 15) is 0 Å². The van der Waals surface area contributed by atoms with Crippen LogP contribution in [-0.4, -0.2) is 42.5 Å². The molecule has 0 saturated carbocycles. The molecule has 27 heavy (non-hydrogen) atoms. The lowest BCUT2D eigenvalue weighted by molar-refractivity contribution is 0.176. The third kappa shape index (κ3) is 6.48. The average Bonchev–Trinajstić information content (AvgIpc) is 3.08. The van der Waals surface area contributed by atoms with Gasteiger partial charge in [-0.2, -0.15) is 0 Å². The predicted molar refractivity (Wildman–Crippen MR) is 115 cm³/mol. The first-order valence-corrected chi connectivity index (χ1v) is 10.7. The minimum absolute atomic E-state index is 0.683. The largest absolute Gasteiger partial charge is 0.356 e. The van der Waals surface area contributed by atoms with Crippen LogP contribution in [0.3, 0.4) is 0 Å². The highest BCUT2D eigenvalue weighted by Gasteiger charge is 2.20. The summed E-state index contributed by atoms with van der Waals surface area (Å²) >= 11 is 7.78. The fourth-order valence-corrected chi connectivity index (χ4v) is 4.17. The molecule has 1 saturated heterocycles. The third-order valence-corrected chi connectivity index (χ3v) is 5.95. The minimum atomic E-state index is 0.683. The lowest BCUT2D eigenvalue weighted by Gasteiger charge is -2.31. The van der Waals surface area contributed by atoms with Crippen LogP contribution in [0.25, 0.3) is 0 Å². The Balaban J connectivity index is 1.37. The van der Waals surface area contributed by atoms with Crippen LogP contribution in [0.4, 0.5) is 0 Å². The Kier molecular flexibility index (Phi) is 7.50. The van der Waals surface area contributed by atoms with Crippen molar-refractivity contribution >= 4 is 28.9 Å². The Morgan fingerprint density at radius 3 is 2.81 bits per heavy atom. The van der Waals surface area contributed by atoms with Gasteiger partial charge >= 0.3 is 0 Å². The third-order valence-electron chi connectivity index (χ3n) is 4.89. The molecule has 2 aromatic rings. The number of halogens is 1. The maximum absolute atomic E-state index is 6.04. The van der Waals surface area contributed by atoms with Gasteiger partial charge in [0.2, 0.25) is 0 Å². The standard InChI is InChI=1S/C20H28ClN5S/c1-15-25-19(14-27-15)13-26-8-6-16(7-9-26)11-23-20(22-2)24-12-17-4-3-5-18(21)10-17/h3-5,10,14,16H,6-9,11-13H2,1-2H3,(H2,22,23,24). The summed E-state index contributed by atoms with van der Waals surface area (Å²) in [5.74, 6) is 1.53. The SMILES string of the molecule is CN=C(NCc1cccc(Cl)c1)NCC1CCN(Cc2csc(C)n2)CC1. The number of benzene rings is 1. The highest BCUT2D eigenvalue weighted by molar-refractivity contribution is 7.09. The molecule has 0 amide bonds. The Hall–Kier alpha value is -1.63. The second-order valence-electron chi connectivity index (χ2n) is 7.01. The molecule has 7 heteroatoms. The zero-order valence-corrected chi connectivity index (χ0v) is 17.6. The van der Waals surface area contributed by atoms with Crippen molar-refractivity contribution in [3.63, 3.8) is 0 Å². The van der Waals surface area contributed by atoms with E-state index in [1.54, 1.807) is 11.3 Å². The van der Waals surface area contributed by atoms with Gasteiger partial charge in [-0.1, -0.05) is 23.7 Å². The molecule has 0 atom stereocenters. The van der Waals surface area contributed by atoms with Gasteiger partial charge in [-0.15, -0.1) is 11.3 Å². The molecule has 0 radical (unpaired) electrons. The summed E-state index contributed by atoms with van der Waals surface area (Å²) in [6, 6.07) is 7.89. The Bertz CT molecular complexity index is 752. The molecule has 0 bridgehead atoms. The van der Waals surface area contributed by atoms with E-state index in [2.05, 4.69) is 43.9 Å². The number of nitrogens with zero attached hydrogens (tertiary/aromatic N) is 3. The first-order valence-electron chi connectivity index (χ1n) is 9.44. The summed E-state index contributed by atoms with van der Waals surface area (Å²) in [4.78, 5) is 11.4. The van der Waals surface area contributed by atoms with Crippen LogP contribution in [0.15, 0.2) is 34.6 Å². The van der Waals surface area contributed by atoms with Gasteiger partial charge in [-0.3, -0.25) is 9.89 Å². The Morgan fingerprint density at radius 1 is 1.33 bits per heavy atom. The molecular weight excluding hydrogens is 378 g/mol. The summed E-state index contributed by atoms with van der Waals surface area (Å²) in [7, 11) is 1.81. The second kappa shape index (κ2) is 10.1. The van der Waals surface area contributed by atoms with Crippen LogP contribution in [-0.2, 0) is 13.1 Å². The normalized spacial score (nSPS) is 16.5. The molecule has 0 aliphatic carbocycles. The van der Waals surface area contributed by atoms with Gasteiger partial charge in [-0.25, -0.2) is 4.98 Å². The number of aryl methyl sites for hydroxylation is 1. The highest BCUT2D eigenvalue weighted by atomic mass is 35.5. The number of rotatable bonds is 6. The Morgan fingerprint density at radius 2 is 2.15 bits per heavy atom. The average molecular weight is 406 g/mol. The smallest absolute Gasteiger partial charge is 0.191 e. The number of aliphatic imine (C=N–C) groups is 1. The lowest BCUT2D eigenvalue weighted by atomic mass is 9.97. The zero-order valence-electron chi connectivity index (χ0n) is 16.0. The van der Waals surface area contributed by atoms with E-state index in [1.165, 1.54) is 18.5 Å². The van der Waals surface area contributed by atoms with Gasteiger partial charge < -0.3 is 10.6 Å². The molecule has 1 aromatic heterocycles. The molecule has 1 aliphatic rings. The summed E-state index contributed by atoms with van der Waals surface area (Å²) in [6.07, 6.45) is 2.42. The van der Waals surface area contributed by atoms with Crippen molar-refractivity contribution in [2.24, 2.45) is 10.9 Å². The molecule has 0 spiro atoms. The van der Waals surface area contributed by atoms with E-state index >= 15 is 0 Å². The molecule has 146 valence electrons. The number of piperidine rings is 1. The van der Waals surface area contributed by atoms with E-state index in [4.69, 9.17) is 11.6 Å². The van der Waals surface area contributed by atoms with Crippen LogP contribution < -0.4 is 10.6 Å². The molecule has 3 rings (SSSR count). The van der Waals surface area contributed by atoms with Crippen molar-refractivity contribution < 1.29 is 0 Å². The van der Waals surface area contributed by atoms with Gasteiger partial charge in [0.1, 0.15) is 0 Å². The van der Waals surface area contributed by atoms with Crippen LogP contribution in [0.1, 0.15) is 29.1 Å². The summed E-state index contributed by atoms with van der Waals surface area (Å²) in [6.45, 7) is 6.99. The van der Waals surface area contributed by atoms with Crippen LogP contribution in [0.2, 0.25) is 5.02 Å². The van der Waals surface area contributed by atoms with Gasteiger partial charge in [0.05, 0.1) is 10.7 Å². The molecule has 1 aromatic carbocycles.